The Hall–Kier alpha value is -2.15. The number of hydrogen-bond donors (Lipinski definition) is 1. The molecule has 19 heavy (non-hydrogen) atoms. The molecule has 7 heteroatoms. The number of carbonyl (C=O) groups is 1. The van der Waals surface area contributed by atoms with Gasteiger partial charge in [0.05, 0.1) is 12.4 Å². The lowest BCUT2D eigenvalue weighted by molar-refractivity contribution is 0.0949. The van der Waals surface area contributed by atoms with Crippen LogP contribution in [0.5, 0.6) is 0 Å². The number of hydrazone groups is 1. The van der Waals surface area contributed by atoms with Gasteiger partial charge in [-0.1, -0.05) is 15.9 Å². The fraction of sp³-hybridized carbons (Fsp3) is 0. The van der Waals surface area contributed by atoms with Gasteiger partial charge in [-0.25, -0.2) is 14.8 Å². The smallest absolute Gasteiger partial charge is 0.265 e. The van der Waals surface area contributed by atoms with E-state index in [0.717, 1.165) is 4.47 Å². The normalized spacial score (nSPS) is 10.6. The number of rotatable bonds is 3. The molecule has 0 saturated heterocycles. The van der Waals surface area contributed by atoms with E-state index in [1.165, 1.54) is 30.9 Å². The van der Waals surface area contributed by atoms with E-state index in [1.54, 1.807) is 12.1 Å². The quantitative estimate of drug-likeness (QED) is 0.695. The molecule has 5 nitrogen and oxygen atoms in total. The summed E-state index contributed by atoms with van der Waals surface area (Å²) in [6, 6.07) is 4.42. The van der Waals surface area contributed by atoms with E-state index in [2.05, 4.69) is 36.4 Å². The standard InChI is InChI=1S/C12H8BrFN4O/c13-9-1-2-10(14)8(5-9)6-17-18-12(19)11-7-15-3-4-16-11/h1-7H,(H,18,19). The number of aromatic nitrogens is 2. The van der Waals surface area contributed by atoms with Crippen LogP contribution in [0.1, 0.15) is 16.1 Å². The fourth-order valence-corrected chi connectivity index (χ4v) is 1.63. The summed E-state index contributed by atoms with van der Waals surface area (Å²) >= 11 is 3.22. The molecule has 96 valence electrons. The monoisotopic (exact) mass is 322 g/mol. The Labute approximate surface area is 116 Å². The van der Waals surface area contributed by atoms with Crippen molar-refractivity contribution in [1.82, 2.24) is 15.4 Å². The molecule has 0 fully saturated rings. The van der Waals surface area contributed by atoms with Gasteiger partial charge >= 0.3 is 0 Å². The predicted octanol–water partition coefficient (Wildman–Crippen LogP) is 2.14. The zero-order valence-electron chi connectivity index (χ0n) is 9.55. The van der Waals surface area contributed by atoms with Crippen LogP contribution in [-0.2, 0) is 0 Å². The summed E-state index contributed by atoms with van der Waals surface area (Å²) in [4.78, 5) is 19.1. The SMILES string of the molecule is O=C(NN=Cc1cc(Br)ccc1F)c1cnccn1. The van der Waals surface area contributed by atoms with Crippen molar-refractivity contribution in [3.63, 3.8) is 0 Å². The highest BCUT2D eigenvalue weighted by molar-refractivity contribution is 9.10. The van der Waals surface area contributed by atoms with Crippen LogP contribution in [0.3, 0.4) is 0 Å². The predicted molar refractivity (Wildman–Crippen MR) is 71.2 cm³/mol. The molecule has 0 bridgehead atoms. The number of halogens is 2. The van der Waals surface area contributed by atoms with Gasteiger partial charge in [0.2, 0.25) is 0 Å². The zero-order chi connectivity index (χ0) is 13.7. The average molecular weight is 323 g/mol. The number of nitrogens with one attached hydrogen (secondary N) is 1. The van der Waals surface area contributed by atoms with Crippen molar-refractivity contribution in [2.45, 2.75) is 0 Å². The van der Waals surface area contributed by atoms with E-state index in [1.807, 2.05) is 0 Å². The largest absolute Gasteiger partial charge is 0.291 e. The molecule has 0 unspecified atom stereocenters. The molecule has 1 heterocycles. The molecular weight excluding hydrogens is 315 g/mol. The third-order valence-corrected chi connectivity index (χ3v) is 2.62. The highest BCUT2D eigenvalue weighted by atomic mass is 79.9. The maximum absolute atomic E-state index is 13.4. The van der Waals surface area contributed by atoms with Gasteiger partial charge in [0.15, 0.2) is 0 Å². The van der Waals surface area contributed by atoms with E-state index in [9.17, 15) is 9.18 Å². The molecule has 1 aromatic heterocycles. The van der Waals surface area contributed by atoms with E-state index in [4.69, 9.17) is 0 Å². The molecule has 0 atom stereocenters. The zero-order valence-corrected chi connectivity index (χ0v) is 11.1. The Kier molecular flexibility index (Phi) is 4.30. The van der Waals surface area contributed by atoms with Crippen molar-refractivity contribution in [3.8, 4) is 0 Å². The molecule has 0 aliphatic heterocycles. The number of carbonyl (C=O) groups excluding carboxylic acids is 1. The van der Waals surface area contributed by atoms with Crippen molar-refractivity contribution in [2.24, 2.45) is 5.10 Å². The van der Waals surface area contributed by atoms with Gasteiger partial charge in [-0.3, -0.25) is 9.78 Å². The van der Waals surface area contributed by atoms with Crippen LogP contribution in [0.15, 0.2) is 46.4 Å². The van der Waals surface area contributed by atoms with Crippen molar-refractivity contribution < 1.29 is 9.18 Å². The first-order valence-electron chi connectivity index (χ1n) is 5.21. The number of benzene rings is 1. The summed E-state index contributed by atoms with van der Waals surface area (Å²) in [5.41, 5.74) is 2.63. The number of hydrogen-bond acceptors (Lipinski definition) is 4. The van der Waals surface area contributed by atoms with Gasteiger partial charge in [-0.05, 0) is 18.2 Å². The molecule has 1 N–H and O–H groups in total. The highest BCUT2D eigenvalue weighted by Gasteiger charge is 2.05. The van der Waals surface area contributed by atoms with Crippen molar-refractivity contribution in [2.75, 3.05) is 0 Å². The van der Waals surface area contributed by atoms with Crippen molar-refractivity contribution in [1.29, 1.82) is 0 Å². The van der Waals surface area contributed by atoms with Crippen molar-refractivity contribution in [3.05, 3.63) is 58.3 Å². The topological polar surface area (TPSA) is 67.2 Å². The molecule has 1 amide bonds. The van der Waals surface area contributed by atoms with E-state index in [0.29, 0.717) is 0 Å². The molecule has 1 aromatic carbocycles. The molecule has 2 aromatic rings. The van der Waals surface area contributed by atoms with Gasteiger partial charge in [0, 0.05) is 22.4 Å². The molecule has 2 rings (SSSR count). The lowest BCUT2D eigenvalue weighted by atomic mass is 10.2. The van der Waals surface area contributed by atoms with Crippen LogP contribution < -0.4 is 5.43 Å². The van der Waals surface area contributed by atoms with E-state index >= 15 is 0 Å². The Morgan fingerprint density at radius 1 is 1.42 bits per heavy atom. The van der Waals surface area contributed by atoms with Crippen LogP contribution >= 0.6 is 15.9 Å². The summed E-state index contributed by atoms with van der Waals surface area (Å²) in [7, 11) is 0. The van der Waals surface area contributed by atoms with Crippen molar-refractivity contribution >= 4 is 28.1 Å². The minimum absolute atomic E-state index is 0.134. The second kappa shape index (κ2) is 6.14. The third kappa shape index (κ3) is 3.65. The van der Waals surface area contributed by atoms with Crippen LogP contribution in [0, 0.1) is 5.82 Å². The van der Waals surface area contributed by atoms with Crippen LogP contribution in [0.4, 0.5) is 4.39 Å². The summed E-state index contributed by atoms with van der Waals surface area (Å²) in [5.74, 6) is -0.944. The Morgan fingerprint density at radius 2 is 2.26 bits per heavy atom. The van der Waals surface area contributed by atoms with Crippen LogP contribution in [0.2, 0.25) is 0 Å². The van der Waals surface area contributed by atoms with E-state index < -0.39 is 11.7 Å². The Balaban J connectivity index is 2.04. The van der Waals surface area contributed by atoms with E-state index in [-0.39, 0.29) is 11.3 Å². The van der Waals surface area contributed by atoms with Gasteiger partial charge in [-0.2, -0.15) is 5.10 Å². The molecule has 0 aliphatic carbocycles. The molecule has 0 saturated carbocycles. The van der Waals surface area contributed by atoms with Crippen LogP contribution in [-0.4, -0.2) is 22.1 Å². The minimum atomic E-state index is -0.514. The highest BCUT2D eigenvalue weighted by Crippen LogP contribution is 2.13. The lowest BCUT2D eigenvalue weighted by Gasteiger charge is -1.99. The molecule has 0 spiro atoms. The maximum Gasteiger partial charge on any atom is 0.291 e. The van der Waals surface area contributed by atoms with Crippen LogP contribution in [0.25, 0.3) is 0 Å². The minimum Gasteiger partial charge on any atom is -0.265 e. The summed E-state index contributed by atoms with van der Waals surface area (Å²) < 4.78 is 14.1. The van der Waals surface area contributed by atoms with Gasteiger partial charge in [0.1, 0.15) is 11.5 Å². The fourth-order valence-electron chi connectivity index (χ4n) is 1.25. The lowest BCUT2D eigenvalue weighted by Crippen LogP contribution is -2.19. The second-order valence-electron chi connectivity index (χ2n) is 3.46. The number of amides is 1. The van der Waals surface area contributed by atoms with Gasteiger partial charge in [0.25, 0.3) is 5.91 Å². The molecular formula is C12H8BrFN4O. The summed E-state index contributed by atoms with van der Waals surface area (Å²) in [6.45, 7) is 0. The first-order valence-corrected chi connectivity index (χ1v) is 6.00. The summed E-state index contributed by atoms with van der Waals surface area (Å²) in [6.07, 6.45) is 5.38. The first kappa shape index (κ1) is 13.3. The third-order valence-electron chi connectivity index (χ3n) is 2.12. The molecule has 0 aliphatic rings. The summed E-state index contributed by atoms with van der Waals surface area (Å²) in [5, 5.41) is 3.67. The number of nitrogens with zero attached hydrogens (tertiary/aromatic N) is 3. The average Bonchev–Trinajstić information content (AvgIpc) is 2.43. The Morgan fingerprint density at radius 3 is 3.00 bits per heavy atom. The maximum atomic E-state index is 13.4. The Bertz CT molecular complexity index is 618. The van der Waals surface area contributed by atoms with Gasteiger partial charge < -0.3 is 0 Å². The van der Waals surface area contributed by atoms with Gasteiger partial charge in [-0.15, -0.1) is 0 Å². The molecule has 0 radical (unpaired) electrons. The first-order chi connectivity index (χ1) is 9.16. The second-order valence-corrected chi connectivity index (χ2v) is 4.37.